The van der Waals surface area contributed by atoms with Gasteiger partial charge in [-0.05, 0) is 64.9 Å². The van der Waals surface area contributed by atoms with Gasteiger partial charge in [0.05, 0.1) is 9.40 Å². The summed E-state index contributed by atoms with van der Waals surface area (Å²) < 4.78 is 7.05. The molecule has 0 radical (unpaired) electrons. The zero-order valence-electron chi connectivity index (χ0n) is 14.8. The lowest BCUT2D eigenvalue weighted by atomic mass is 10.2. The Labute approximate surface area is 187 Å². The summed E-state index contributed by atoms with van der Waals surface area (Å²) >= 11 is 11.7. The van der Waals surface area contributed by atoms with E-state index in [4.69, 9.17) is 17.0 Å². The van der Waals surface area contributed by atoms with Crippen LogP contribution in [0.3, 0.4) is 0 Å². The Morgan fingerprint density at radius 1 is 1.17 bits per heavy atom. The van der Waals surface area contributed by atoms with E-state index in [0.29, 0.717) is 10.2 Å². The minimum absolute atomic E-state index is 0.137. The van der Waals surface area contributed by atoms with Gasteiger partial charge < -0.3 is 4.74 Å². The maximum Gasteiger partial charge on any atom is 0.276 e. The normalized spacial score (nSPS) is 10.0. The Balaban J connectivity index is 1.80. The molecule has 0 aliphatic carbocycles. The van der Waals surface area contributed by atoms with Gasteiger partial charge in [-0.1, -0.05) is 15.9 Å². The summed E-state index contributed by atoms with van der Waals surface area (Å²) in [5.74, 6) is -0.583. The first-order valence-corrected chi connectivity index (χ1v) is 9.90. The van der Waals surface area contributed by atoms with Gasteiger partial charge in [0, 0.05) is 22.2 Å². The van der Waals surface area contributed by atoms with E-state index < -0.39 is 16.7 Å². The molecule has 2 amide bonds. The summed E-state index contributed by atoms with van der Waals surface area (Å²) in [6.07, 6.45) is 0. The highest BCUT2D eigenvalue weighted by Crippen LogP contribution is 2.32. The molecule has 0 aliphatic rings. The van der Waals surface area contributed by atoms with Gasteiger partial charge in [-0.2, -0.15) is 0 Å². The number of benzene rings is 2. The fraction of sp³-hybridized carbons (Fsp3) is 0.118. The van der Waals surface area contributed by atoms with Gasteiger partial charge in [0.25, 0.3) is 17.5 Å². The fourth-order valence-electron chi connectivity index (χ4n) is 2.11. The number of hydrogen-bond acceptors (Lipinski definition) is 6. The third-order valence-electron chi connectivity index (χ3n) is 3.42. The van der Waals surface area contributed by atoms with Crippen molar-refractivity contribution < 1.29 is 19.2 Å². The van der Waals surface area contributed by atoms with E-state index >= 15 is 0 Å². The van der Waals surface area contributed by atoms with E-state index in [1.54, 1.807) is 6.07 Å². The third-order valence-corrected chi connectivity index (χ3v) is 4.68. The van der Waals surface area contributed by atoms with Gasteiger partial charge in [-0.15, -0.1) is 0 Å². The van der Waals surface area contributed by atoms with E-state index in [1.165, 1.54) is 24.3 Å². The topological polar surface area (TPSA) is 123 Å². The van der Waals surface area contributed by atoms with Crippen molar-refractivity contribution >= 4 is 66.7 Å². The zero-order chi connectivity index (χ0) is 21.6. The SMILES string of the molecule is Cc1cc(Br)cc(Br)c1OCC(=O)NNC(=S)NC(=O)c1ccc([N+](=O)[O-])cc1. The van der Waals surface area contributed by atoms with E-state index in [-0.39, 0.29) is 23.0 Å². The van der Waals surface area contributed by atoms with Crippen molar-refractivity contribution in [1.82, 2.24) is 16.2 Å². The monoisotopic (exact) mass is 544 g/mol. The number of halogens is 2. The van der Waals surface area contributed by atoms with E-state index in [9.17, 15) is 19.7 Å². The Hall–Kier alpha value is -2.57. The first-order valence-electron chi connectivity index (χ1n) is 7.90. The quantitative estimate of drug-likeness (QED) is 0.299. The van der Waals surface area contributed by atoms with Crippen molar-refractivity contribution in [3.05, 3.63) is 66.6 Å². The van der Waals surface area contributed by atoms with Crippen LogP contribution in [0.1, 0.15) is 15.9 Å². The highest BCUT2D eigenvalue weighted by molar-refractivity contribution is 9.11. The number of aryl methyl sites for hydroxylation is 1. The number of rotatable bonds is 5. The second-order valence-corrected chi connectivity index (χ2v) is 7.76. The van der Waals surface area contributed by atoms with Crippen LogP contribution in [0.25, 0.3) is 0 Å². The molecule has 2 aromatic rings. The Morgan fingerprint density at radius 2 is 1.83 bits per heavy atom. The second-order valence-electron chi connectivity index (χ2n) is 5.58. The number of nitrogens with one attached hydrogen (secondary N) is 3. The number of non-ortho nitro benzene ring substituents is 1. The van der Waals surface area contributed by atoms with Crippen molar-refractivity contribution in [1.29, 1.82) is 0 Å². The summed E-state index contributed by atoms with van der Waals surface area (Å²) in [7, 11) is 0. The van der Waals surface area contributed by atoms with Crippen molar-refractivity contribution in [2.75, 3.05) is 6.61 Å². The summed E-state index contributed by atoms with van der Waals surface area (Å²) in [5, 5.41) is 12.8. The average molecular weight is 546 g/mol. The summed E-state index contributed by atoms with van der Waals surface area (Å²) in [6.45, 7) is 1.55. The van der Waals surface area contributed by atoms with Gasteiger partial charge >= 0.3 is 0 Å². The molecule has 0 aliphatic heterocycles. The Kier molecular flexibility index (Phi) is 8.05. The van der Waals surface area contributed by atoms with Gasteiger partial charge in [0.15, 0.2) is 11.7 Å². The molecule has 0 unspecified atom stereocenters. The molecule has 0 heterocycles. The number of thiocarbonyl (C=S) groups is 1. The highest BCUT2D eigenvalue weighted by atomic mass is 79.9. The van der Waals surface area contributed by atoms with Crippen LogP contribution in [0, 0.1) is 17.0 Å². The summed E-state index contributed by atoms with van der Waals surface area (Å²) in [6, 6.07) is 8.63. The number of hydrogen-bond donors (Lipinski definition) is 3. The molecule has 2 rings (SSSR count). The second kappa shape index (κ2) is 10.3. The number of nitro groups is 1. The summed E-state index contributed by atoms with van der Waals surface area (Å²) in [4.78, 5) is 34.0. The molecular formula is C17H14Br2N4O5S. The number of hydrazine groups is 1. The fourth-order valence-corrected chi connectivity index (χ4v) is 3.81. The van der Waals surface area contributed by atoms with Crippen LogP contribution >= 0.6 is 44.1 Å². The zero-order valence-corrected chi connectivity index (χ0v) is 18.8. The van der Waals surface area contributed by atoms with E-state index in [1.807, 2.05) is 13.0 Å². The van der Waals surface area contributed by atoms with Crippen LogP contribution in [0.4, 0.5) is 5.69 Å². The molecule has 0 bridgehead atoms. The van der Waals surface area contributed by atoms with Crippen LogP contribution < -0.4 is 20.9 Å². The van der Waals surface area contributed by atoms with Crippen molar-refractivity contribution in [3.63, 3.8) is 0 Å². The Bertz CT molecular complexity index is 946. The minimum atomic E-state index is -0.586. The molecule has 0 atom stereocenters. The molecule has 0 fully saturated rings. The molecule has 0 saturated carbocycles. The number of amides is 2. The molecule has 12 heteroatoms. The van der Waals surface area contributed by atoms with Gasteiger partial charge in [-0.3, -0.25) is 35.9 Å². The third kappa shape index (κ3) is 6.76. The summed E-state index contributed by atoms with van der Waals surface area (Å²) in [5.41, 5.74) is 5.55. The maximum atomic E-state index is 12.0. The van der Waals surface area contributed by atoms with Crippen molar-refractivity contribution in [2.24, 2.45) is 0 Å². The van der Waals surface area contributed by atoms with Crippen LogP contribution in [-0.2, 0) is 4.79 Å². The smallest absolute Gasteiger partial charge is 0.276 e. The molecule has 2 aromatic carbocycles. The largest absolute Gasteiger partial charge is 0.482 e. The molecule has 152 valence electrons. The van der Waals surface area contributed by atoms with Crippen LogP contribution in [0.5, 0.6) is 5.75 Å². The van der Waals surface area contributed by atoms with Crippen molar-refractivity contribution in [2.45, 2.75) is 6.92 Å². The van der Waals surface area contributed by atoms with Gasteiger partial charge in [0.1, 0.15) is 5.75 Å². The lowest BCUT2D eigenvalue weighted by molar-refractivity contribution is -0.384. The van der Waals surface area contributed by atoms with E-state index in [2.05, 4.69) is 48.0 Å². The standard InChI is InChI=1S/C17H14Br2N4O5S/c1-9-6-11(18)7-13(19)15(9)28-8-14(24)21-22-17(29)20-16(25)10-2-4-12(5-3-10)23(26)27/h2-7H,8H2,1H3,(H,21,24)(H2,20,22,25,29). The first-order chi connectivity index (χ1) is 13.7. The number of carbonyl (C=O) groups is 2. The number of ether oxygens (including phenoxy) is 1. The minimum Gasteiger partial charge on any atom is -0.482 e. The number of nitro benzene ring substituents is 1. The average Bonchev–Trinajstić information content (AvgIpc) is 2.65. The van der Waals surface area contributed by atoms with Gasteiger partial charge in [-0.25, -0.2) is 0 Å². The molecular weight excluding hydrogens is 532 g/mol. The van der Waals surface area contributed by atoms with Crippen LogP contribution in [-0.4, -0.2) is 28.5 Å². The maximum absolute atomic E-state index is 12.0. The van der Waals surface area contributed by atoms with Crippen LogP contribution in [0.15, 0.2) is 45.3 Å². The first kappa shape index (κ1) is 22.7. The molecule has 0 aromatic heterocycles. The molecule has 0 spiro atoms. The van der Waals surface area contributed by atoms with Crippen molar-refractivity contribution in [3.8, 4) is 5.75 Å². The number of carbonyl (C=O) groups excluding carboxylic acids is 2. The van der Waals surface area contributed by atoms with Gasteiger partial charge in [0.2, 0.25) is 0 Å². The lowest BCUT2D eigenvalue weighted by Crippen LogP contribution is -2.49. The molecule has 29 heavy (non-hydrogen) atoms. The molecule has 3 N–H and O–H groups in total. The molecule has 9 nitrogen and oxygen atoms in total. The number of nitrogens with zero attached hydrogens (tertiary/aromatic N) is 1. The van der Waals surface area contributed by atoms with E-state index in [0.717, 1.165) is 10.0 Å². The Morgan fingerprint density at radius 3 is 2.41 bits per heavy atom. The van der Waals surface area contributed by atoms with Crippen LogP contribution in [0.2, 0.25) is 0 Å². The molecule has 0 saturated heterocycles. The predicted molar refractivity (Wildman–Crippen MR) is 117 cm³/mol. The lowest BCUT2D eigenvalue weighted by Gasteiger charge is -2.13. The predicted octanol–water partition coefficient (Wildman–Crippen LogP) is 3.14. The highest BCUT2D eigenvalue weighted by Gasteiger charge is 2.12.